The molecule has 72 valence electrons. The van der Waals surface area contributed by atoms with Gasteiger partial charge in [0.1, 0.15) is 0 Å². The summed E-state index contributed by atoms with van der Waals surface area (Å²) in [6.45, 7) is 4.21. The van der Waals surface area contributed by atoms with Crippen molar-refractivity contribution in [2.75, 3.05) is 11.6 Å². The molecule has 0 radical (unpaired) electrons. The molecule has 0 aliphatic rings. The normalized spacial score (nSPS) is 10.0. The summed E-state index contributed by atoms with van der Waals surface area (Å²) in [4.78, 5) is 10.5. The van der Waals surface area contributed by atoms with E-state index < -0.39 is 5.03 Å². The summed E-state index contributed by atoms with van der Waals surface area (Å²) in [5.41, 5.74) is 0. The van der Waals surface area contributed by atoms with Gasteiger partial charge in [-0.2, -0.15) is 0 Å². The van der Waals surface area contributed by atoms with Crippen LogP contribution >= 0.6 is 0 Å². The van der Waals surface area contributed by atoms with E-state index in [0.717, 1.165) is 5.01 Å². The van der Waals surface area contributed by atoms with E-state index in [1.807, 2.05) is 6.92 Å². The lowest BCUT2D eigenvalue weighted by Crippen LogP contribution is -2.32. The molecular weight excluding hydrogens is 176 g/mol. The number of anilines is 1. The summed E-state index contributed by atoms with van der Waals surface area (Å²) in [5, 5.41) is 21.4. The van der Waals surface area contributed by atoms with Crippen LogP contribution in [0.4, 0.5) is 5.95 Å². The molecule has 1 aromatic rings. The zero-order valence-electron chi connectivity index (χ0n) is 7.41. The van der Waals surface area contributed by atoms with Crippen molar-refractivity contribution in [3.8, 4) is 0 Å². The molecular formula is C5H10N6O2. The van der Waals surface area contributed by atoms with Crippen molar-refractivity contribution in [3.05, 3.63) is 10.1 Å². The van der Waals surface area contributed by atoms with Crippen molar-refractivity contribution in [2.24, 2.45) is 0 Å². The molecule has 0 bridgehead atoms. The van der Waals surface area contributed by atoms with E-state index in [0.29, 0.717) is 6.54 Å². The summed E-state index contributed by atoms with van der Waals surface area (Å²) < 4.78 is 1.37. The third-order valence-corrected chi connectivity index (χ3v) is 1.54. The first-order chi connectivity index (χ1) is 6.20. The molecule has 0 atom stereocenters. The largest absolute Gasteiger partial charge is 0.306 e. The van der Waals surface area contributed by atoms with E-state index in [2.05, 4.69) is 15.5 Å². The minimum atomic E-state index is -0.530. The van der Waals surface area contributed by atoms with E-state index in [-0.39, 0.29) is 12.5 Å². The van der Waals surface area contributed by atoms with E-state index in [9.17, 15) is 10.1 Å². The molecule has 0 aliphatic carbocycles. The van der Waals surface area contributed by atoms with Gasteiger partial charge in [0.05, 0.1) is 6.54 Å². The maximum absolute atomic E-state index is 10.5. The molecule has 1 rings (SSSR count). The third kappa shape index (κ3) is 1.71. The molecule has 0 spiro atoms. The second-order valence-electron chi connectivity index (χ2n) is 2.25. The van der Waals surface area contributed by atoms with Gasteiger partial charge in [-0.15, -0.1) is 0 Å². The summed E-state index contributed by atoms with van der Waals surface area (Å²) in [6.07, 6.45) is 0. The first-order valence-electron chi connectivity index (χ1n) is 3.88. The predicted octanol–water partition coefficient (Wildman–Crippen LogP) is -0.289. The fraction of sp³-hybridized carbons (Fsp3) is 0.800. The second kappa shape index (κ2) is 3.78. The van der Waals surface area contributed by atoms with Crippen LogP contribution in [0.25, 0.3) is 0 Å². The summed E-state index contributed by atoms with van der Waals surface area (Å²) >= 11 is 0. The Morgan fingerprint density at radius 3 is 2.77 bits per heavy atom. The minimum absolute atomic E-state index is 0.162. The van der Waals surface area contributed by atoms with Gasteiger partial charge in [-0.1, -0.05) is 10.1 Å². The number of aryl methyl sites for hydroxylation is 1. The highest BCUT2D eigenvalue weighted by Gasteiger charge is 2.21. The molecule has 8 nitrogen and oxygen atoms in total. The number of aromatic nitrogens is 4. The van der Waals surface area contributed by atoms with E-state index >= 15 is 0 Å². The number of rotatable bonds is 4. The molecule has 0 fully saturated rings. The molecule has 0 aliphatic heterocycles. The van der Waals surface area contributed by atoms with Crippen LogP contribution in [0.3, 0.4) is 0 Å². The van der Waals surface area contributed by atoms with Crippen LogP contribution in [0.1, 0.15) is 13.8 Å². The Kier molecular flexibility index (Phi) is 2.72. The molecule has 0 unspecified atom stereocenters. The monoisotopic (exact) mass is 186 g/mol. The van der Waals surface area contributed by atoms with E-state index in [4.69, 9.17) is 0 Å². The van der Waals surface area contributed by atoms with Crippen LogP contribution in [0.5, 0.6) is 0 Å². The smallest absolute Gasteiger partial charge is 0.234 e. The topological polar surface area (TPSA) is 90.0 Å². The number of nitrogens with zero attached hydrogens (tertiary/aromatic N) is 6. The van der Waals surface area contributed by atoms with Gasteiger partial charge < -0.3 is 0 Å². The Labute approximate surface area is 74.3 Å². The molecule has 1 heterocycles. The Hall–Kier alpha value is -1.73. The van der Waals surface area contributed by atoms with Crippen molar-refractivity contribution >= 4 is 5.95 Å². The summed E-state index contributed by atoms with van der Waals surface area (Å²) in [6, 6.07) is 0. The van der Waals surface area contributed by atoms with Gasteiger partial charge in [0.15, 0.2) is 5.03 Å². The second-order valence-corrected chi connectivity index (χ2v) is 2.25. The van der Waals surface area contributed by atoms with Crippen LogP contribution in [0, 0.1) is 10.1 Å². The van der Waals surface area contributed by atoms with Crippen LogP contribution in [-0.2, 0) is 6.54 Å². The Morgan fingerprint density at radius 1 is 1.62 bits per heavy atom. The standard InChI is InChI=1S/C5H10N6O2/c1-3-9-5(6-7-8-9)10(4-2)11(12)13/h3-4H2,1-2H3. The predicted molar refractivity (Wildman–Crippen MR) is 43.5 cm³/mol. The Balaban J connectivity index is 2.96. The average molecular weight is 186 g/mol. The number of hydrogen-bond acceptors (Lipinski definition) is 5. The average Bonchev–Trinajstić information content (AvgIpc) is 2.53. The van der Waals surface area contributed by atoms with Gasteiger partial charge in [0.2, 0.25) is 0 Å². The van der Waals surface area contributed by atoms with Crippen molar-refractivity contribution in [1.29, 1.82) is 0 Å². The lowest BCUT2D eigenvalue weighted by molar-refractivity contribution is -0.495. The molecule has 8 heteroatoms. The number of nitro groups is 1. The van der Waals surface area contributed by atoms with Crippen molar-refractivity contribution in [2.45, 2.75) is 20.4 Å². The maximum Gasteiger partial charge on any atom is 0.306 e. The summed E-state index contributed by atoms with van der Waals surface area (Å²) in [7, 11) is 0. The fourth-order valence-corrected chi connectivity index (χ4v) is 0.919. The fourth-order valence-electron chi connectivity index (χ4n) is 0.919. The van der Waals surface area contributed by atoms with Crippen molar-refractivity contribution < 1.29 is 5.03 Å². The zero-order chi connectivity index (χ0) is 9.84. The van der Waals surface area contributed by atoms with Gasteiger partial charge in [0, 0.05) is 6.54 Å². The zero-order valence-corrected chi connectivity index (χ0v) is 7.41. The number of tetrazole rings is 1. The highest BCUT2D eigenvalue weighted by molar-refractivity contribution is 5.21. The van der Waals surface area contributed by atoms with Crippen LogP contribution in [0.15, 0.2) is 0 Å². The van der Waals surface area contributed by atoms with E-state index in [1.54, 1.807) is 6.92 Å². The maximum atomic E-state index is 10.5. The molecule has 0 saturated heterocycles. The quantitative estimate of drug-likeness (QED) is 0.474. The van der Waals surface area contributed by atoms with Gasteiger partial charge in [-0.25, -0.2) is 14.8 Å². The highest BCUT2D eigenvalue weighted by Crippen LogP contribution is 2.06. The molecule has 0 amide bonds. The number of hydrazine groups is 1. The molecule has 0 aromatic carbocycles. The summed E-state index contributed by atoms with van der Waals surface area (Å²) in [5.74, 6) is 0.162. The molecule has 1 aromatic heterocycles. The SMILES string of the molecule is CCN(c1nnnn1CC)[N+](=O)[O-]. The Morgan fingerprint density at radius 2 is 2.31 bits per heavy atom. The minimum Gasteiger partial charge on any atom is -0.234 e. The molecule has 0 N–H and O–H groups in total. The van der Waals surface area contributed by atoms with Gasteiger partial charge in [-0.3, -0.25) is 0 Å². The lowest BCUT2D eigenvalue weighted by atomic mass is 10.7. The van der Waals surface area contributed by atoms with Gasteiger partial charge >= 0.3 is 5.95 Å². The van der Waals surface area contributed by atoms with Crippen molar-refractivity contribution in [3.63, 3.8) is 0 Å². The van der Waals surface area contributed by atoms with Crippen LogP contribution in [0.2, 0.25) is 0 Å². The first-order valence-corrected chi connectivity index (χ1v) is 3.88. The molecule has 13 heavy (non-hydrogen) atoms. The van der Waals surface area contributed by atoms with Gasteiger partial charge in [-0.05, 0) is 24.3 Å². The first kappa shape index (κ1) is 9.36. The Bertz CT molecular complexity index is 297. The third-order valence-electron chi connectivity index (χ3n) is 1.54. The van der Waals surface area contributed by atoms with Crippen molar-refractivity contribution in [1.82, 2.24) is 20.2 Å². The van der Waals surface area contributed by atoms with E-state index in [1.165, 1.54) is 4.68 Å². The lowest BCUT2D eigenvalue weighted by Gasteiger charge is -2.08. The molecule has 0 saturated carbocycles. The van der Waals surface area contributed by atoms with Gasteiger partial charge in [0.25, 0.3) is 0 Å². The number of hydrogen-bond donors (Lipinski definition) is 0. The highest BCUT2D eigenvalue weighted by atomic mass is 16.7. The van der Waals surface area contributed by atoms with Crippen LogP contribution < -0.4 is 5.01 Å². The van der Waals surface area contributed by atoms with Crippen LogP contribution in [-0.4, -0.2) is 31.8 Å².